The van der Waals surface area contributed by atoms with Crippen molar-refractivity contribution in [3.8, 4) is 0 Å². The minimum absolute atomic E-state index is 0.0370. The molecule has 0 aromatic rings. The third kappa shape index (κ3) is 4.27. The molecule has 3 aliphatic heterocycles. The fourth-order valence-corrected chi connectivity index (χ4v) is 3.98. The van der Waals surface area contributed by atoms with Crippen molar-refractivity contribution >= 4 is 17.8 Å². The lowest BCUT2D eigenvalue weighted by atomic mass is 9.78. The Bertz CT molecular complexity index is 595. The van der Waals surface area contributed by atoms with Crippen LogP contribution in [0.1, 0.15) is 40.5 Å². The van der Waals surface area contributed by atoms with E-state index in [4.69, 9.17) is 14.2 Å². The molecule has 5 atom stereocenters. The van der Waals surface area contributed by atoms with Crippen LogP contribution in [0.2, 0.25) is 0 Å². The summed E-state index contributed by atoms with van der Waals surface area (Å²) in [6.07, 6.45) is -0.0113. The van der Waals surface area contributed by atoms with Crippen molar-refractivity contribution in [3.05, 3.63) is 0 Å². The summed E-state index contributed by atoms with van der Waals surface area (Å²) in [6.45, 7) is 9.48. The zero-order valence-electron chi connectivity index (χ0n) is 16.5. The van der Waals surface area contributed by atoms with Crippen LogP contribution >= 0.6 is 0 Å². The van der Waals surface area contributed by atoms with Gasteiger partial charge in [0.25, 0.3) is 0 Å². The Hall–Kier alpha value is -1.67. The van der Waals surface area contributed by atoms with E-state index < -0.39 is 35.5 Å². The van der Waals surface area contributed by atoms with Gasteiger partial charge in [0.1, 0.15) is 0 Å². The summed E-state index contributed by atoms with van der Waals surface area (Å²) in [4.78, 5) is 39.6. The predicted octanol–water partition coefficient (Wildman–Crippen LogP) is 0.690. The summed E-state index contributed by atoms with van der Waals surface area (Å²) < 4.78 is 16.5. The number of nitrogens with one attached hydrogen (secondary N) is 1. The Balaban J connectivity index is 1.65. The van der Waals surface area contributed by atoms with Crippen molar-refractivity contribution in [3.63, 3.8) is 0 Å². The molecule has 2 bridgehead atoms. The lowest BCUT2D eigenvalue weighted by molar-refractivity contribution is -0.195. The van der Waals surface area contributed by atoms with Gasteiger partial charge in [-0.1, -0.05) is 0 Å². The van der Waals surface area contributed by atoms with E-state index in [-0.39, 0.29) is 18.1 Å². The minimum Gasteiger partial charge on any atom is -0.425 e. The normalized spacial score (nSPS) is 31.5. The second kappa shape index (κ2) is 7.75. The minimum atomic E-state index is -1.00. The summed E-state index contributed by atoms with van der Waals surface area (Å²) >= 11 is 0. The number of hydrogen-bond acceptors (Lipinski definition) is 7. The Morgan fingerprint density at radius 2 is 1.63 bits per heavy atom. The van der Waals surface area contributed by atoms with Gasteiger partial charge in [0.05, 0.1) is 29.5 Å². The van der Waals surface area contributed by atoms with Crippen molar-refractivity contribution in [2.24, 2.45) is 17.3 Å². The van der Waals surface area contributed by atoms with Crippen LogP contribution in [-0.2, 0) is 28.6 Å². The number of amides is 1. The zero-order valence-corrected chi connectivity index (χ0v) is 16.5. The molecule has 3 rings (SSSR count). The van der Waals surface area contributed by atoms with E-state index in [1.54, 1.807) is 25.7 Å². The first-order chi connectivity index (χ1) is 12.7. The topological polar surface area (TPSA) is 94.2 Å². The van der Waals surface area contributed by atoms with Crippen LogP contribution in [-0.4, -0.2) is 67.4 Å². The summed E-state index contributed by atoms with van der Waals surface area (Å²) in [7, 11) is 0. The van der Waals surface area contributed by atoms with Crippen LogP contribution in [0.4, 0.5) is 0 Å². The van der Waals surface area contributed by atoms with Gasteiger partial charge in [-0.05, 0) is 33.6 Å². The molecular weight excluding hydrogens is 352 g/mol. The summed E-state index contributed by atoms with van der Waals surface area (Å²) in [5, 5.41) is 3.22. The van der Waals surface area contributed by atoms with E-state index in [0.717, 1.165) is 25.9 Å². The SMILES string of the molecule is CC(OC(=O)[C@H]1[C@@H](C(=O)N2CCNCC2)[C@@H]2CC[C@H]1O2)OC(=O)C(C)(C)C. The number of ether oxygens (including phenoxy) is 3. The Labute approximate surface area is 159 Å². The molecule has 0 saturated carbocycles. The molecule has 0 radical (unpaired) electrons. The smallest absolute Gasteiger partial charge is 0.315 e. The molecule has 1 amide bonds. The van der Waals surface area contributed by atoms with E-state index in [1.165, 1.54) is 6.92 Å². The molecule has 3 heterocycles. The van der Waals surface area contributed by atoms with Crippen LogP contribution in [0.3, 0.4) is 0 Å². The monoisotopic (exact) mass is 382 g/mol. The second-order valence-electron chi connectivity index (χ2n) is 8.58. The van der Waals surface area contributed by atoms with Crippen molar-refractivity contribution < 1.29 is 28.6 Å². The van der Waals surface area contributed by atoms with Gasteiger partial charge in [-0.25, -0.2) is 0 Å². The van der Waals surface area contributed by atoms with Gasteiger partial charge in [0.15, 0.2) is 0 Å². The number of carbonyl (C=O) groups is 3. The first-order valence-corrected chi connectivity index (χ1v) is 9.75. The fraction of sp³-hybridized carbons (Fsp3) is 0.842. The molecule has 0 aromatic carbocycles. The lowest BCUT2D eigenvalue weighted by Gasteiger charge is -2.34. The first-order valence-electron chi connectivity index (χ1n) is 9.75. The lowest BCUT2D eigenvalue weighted by Crippen LogP contribution is -2.52. The fourth-order valence-electron chi connectivity index (χ4n) is 3.98. The van der Waals surface area contributed by atoms with Gasteiger partial charge in [-0.15, -0.1) is 0 Å². The van der Waals surface area contributed by atoms with Gasteiger partial charge in [0, 0.05) is 33.1 Å². The third-order valence-corrected chi connectivity index (χ3v) is 5.43. The number of nitrogens with zero attached hydrogens (tertiary/aromatic N) is 1. The first kappa shape index (κ1) is 20.1. The molecular formula is C19H30N2O6. The number of fused-ring (bicyclic) bond motifs is 2. The molecule has 3 fully saturated rings. The molecule has 0 aromatic heterocycles. The molecule has 0 aliphatic carbocycles. The largest absolute Gasteiger partial charge is 0.425 e. The van der Waals surface area contributed by atoms with Gasteiger partial charge in [-0.2, -0.15) is 0 Å². The van der Waals surface area contributed by atoms with Crippen molar-refractivity contribution in [1.29, 1.82) is 0 Å². The summed E-state index contributed by atoms with van der Waals surface area (Å²) in [5.41, 5.74) is -0.684. The van der Waals surface area contributed by atoms with Crippen LogP contribution in [0.5, 0.6) is 0 Å². The van der Waals surface area contributed by atoms with Gasteiger partial charge < -0.3 is 24.4 Å². The highest BCUT2D eigenvalue weighted by atomic mass is 16.7. The Morgan fingerprint density at radius 3 is 2.22 bits per heavy atom. The molecule has 27 heavy (non-hydrogen) atoms. The number of piperazine rings is 1. The maximum absolute atomic E-state index is 13.0. The average Bonchev–Trinajstić information content (AvgIpc) is 3.22. The van der Waals surface area contributed by atoms with Gasteiger partial charge >= 0.3 is 11.9 Å². The molecule has 3 saturated heterocycles. The number of hydrogen-bond donors (Lipinski definition) is 1. The number of carbonyl (C=O) groups excluding carboxylic acids is 3. The molecule has 3 aliphatic rings. The van der Waals surface area contributed by atoms with E-state index in [2.05, 4.69) is 5.32 Å². The van der Waals surface area contributed by atoms with E-state index in [1.807, 2.05) is 0 Å². The second-order valence-corrected chi connectivity index (χ2v) is 8.58. The summed E-state index contributed by atoms with van der Waals surface area (Å²) in [6, 6.07) is 0. The maximum Gasteiger partial charge on any atom is 0.315 e. The van der Waals surface area contributed by atoms with E-state index >= 15 is 0 Å². The zero-order chi connectivity index (χ0) is 19.8. The molecule has 1 N–H and O–H groups in total. The van der Waals surface area contributed by atoms with Crippen LogP contribution < -0.4 is 5.32 Å². The molecule has 152 valence electrons. The standard InChI is InChI=1S/C19H30N2O6/c1-11(26-18(24)19(2,3)4)25-17(23)15-13-6-5-12(27-13)14(15)16(22)21-9-7-20-8-10-21/h11-15,20H,5-10H2,1-4H3/t11?,12-,13+,14-,15+/m0/s1. The maximum atomic E-state index is 13.0. The van der Waals surface area contributed by atoms with Crippen molar-refractivity contribution in [2.75, 3.05) is 26.2 Å². The van der Waals surface area contributed by atoms with E-state index in [9.17, 15) is 14.4 Å². The third-order valence-electron chi connectivity index (χ3n) is 5.43. The Morgan fingerprint density at radius 1 is 1.04 bits per heavy atom. The van der Waals surface area contributed by atoms with Crippen LogP contribution in [0, 0.1) is 17.3 Å². The van der Waals surface area contributed by atoms with Gasteiger partial charge in [0.2, 0.25) is 12.2 Å². The van der Waals surface area contributed by atoms with Crippen LogP contribution in [0.25, 0.3) is 0 Å². The average molecular weight is 382 g/mol. The number of esters is 2. The van der Waals surface area contributed by atoms with Crippen molar-refractivity contribution in [1.82, 2.24) is 10.2 Å². The predicted molar refractivity (Wildman–Crippen MR) is 95.4 cm³/mol. The Kier molecular flexibility index (Phi) is 5.76. The highest BCUT2D eigenvalue weighted by Crippen LogP contribution is 2.45. The highest BCUT2D eigenvalue weighted by molar-refractivity contribution is 5.87. The van der Waals surface area contributed by atoms with Crippen molar-refractivity contribution in [2.45, 2.75) is 59.0 Å². The molecule has 8 heteroatoms. The molecule has 8 nitrogen and oxygen atoms in total. The molecule has 1 unspecified atom stereocenters. The van der Waals surface area contributed by atoms with E-state index in [0.29, 0.717) is 13.1 Å². The van der Waals surface area contributed by atoms with Gasteiger partial charge in [-0.3, -0.25) is 14.4 Å². The molecule has 0 spiro atoms. The van der Waals surface area contributed by atoms with Crippen LogP contribution in [0.15, 0.2) is 0 Å². The highest BCUT2D eigenvalue weighted by Gasteiger charge is 2.57. The quantitative estimate of drug-likeness (QED) is 0.565. The number of rotatable bonds is 4. The summed E-state index contributed by atoms with van der Waals surface area (Å²) in [5.74, 6) is -2.16.